The predicted octanol–water partition coefficient (Wildman–Crippen LogP) is 6.29. The van der Waals surface area contributed by atoms with Crippen LogP contribution in [0.15, 0.2) is 6.07 Å². The molecule has 0 N–H and O–H groups in total. The van der Waals surface area contributed by atoms with Gasteiger partial charge >= 0.3 is 8.56 Å². The van der Waals surface area contributed by atoms with Crippen LogP contribution in [0.25, 0.3) is 0 Å². The Balaban J connectivity index is 2.01. The lowest BCUT2D eigenvalue weighted by Crippen LogP contribution is -2.61. The minimum absolute atomic E-state index is 0.0797. The molecule has 6 heteroatoms. The van der Waals surface area contributed by atoms with Gasteiger partial charge < -0.3 is 23.1 Å². The van der Waals surface area contributed by atoms with Crippen LogP contribution in [-0.4, -0.2) is 34.2 Å². The van der Waals surface area contributed by atoms with Crippen molar-refractivity contribution >= 4 is 8.56 Å². The number of hydrogen-bond acceptors (Lipinski definition) is 5. The number of rotatable bonds is 4. The summed E-state index contributed by atoms with van der Waals surface area (Å²) in [4.78, 5) is 0. The van der Waals surface area contributed by atoms with E-state index in [4.69, 9.17) is 23.1 Å². The van der Waals surface area contributed by atoms with Gasteiger partial charge in [-0.3, -0.25) is 0 Å². The highest BCUT2D eigenvalue weighted by Gasteiger charge is 2.62. The average molecular weight is 451 g/mol. The Labute approximate surface area is 190 Å². The van der Waals surface area contributed by atoms with Crippen LogP contribution in [0, 0.1) is 12.8 Å². The Kier molecular flexibility index (Phi) is 6.38. The molecular formula is C25H42O5Si. The van der Waals surface area contributed by atoms with E-state index in [0.717, 1.165) is 29.0 Å². The maximum absolute atomic E-state index is 6.97. The van der Waals surface area contributed by atoms with Gasteiger partial charge in [-0.1, -0.05) is 54.5 Å². The van der Waals surface area contributed by atoms with Gasteiger partial charge in [-0.05, 0) is 44.2 Å². The molecule has 0 aliphatic carbocycles. The Morgan fingerprint density at radius 2 is 1.77 bits per heavy atom. The molecule has 31 heavy (non-hydrogen) atoms. The van der Waals surface area contributed by atoms with Gasteiger partial charge in [0.2, 0.25) is 0 Å². The van der Waals surface area contributed by atoms with Gasteiger partial charge in [-0.25, -0.2) is 0 Å². The third kappa shape index (κ3) is 4.41. The van der Waals surface area contributed by atoms with Crippen molar-refractivity contribution < 1.29 is 23.1 Å². The summed E-state index contributed by atoms with van der Waals surface area (Å²) in [6, 6.07) is 2.23. The quantitative estimate of drug-likeness (QED) is 0.505. The largest absolute Gasteiger partial charge is 0.516 e. The van der Waals surface area contributed by atoms with Crippen molar-refractivity contribution in [2.45, 2.75) is 104 Å². The Bertz CT molecular complexity index is 805. The van der Waals surface area contributed by atoms with Gasteiger partial charge in [0.15, 0.2) is 17.3 Å². The highest BCUT2D eigenvalue weighted by molar-refractivity contribution is 6.74. The summed E-state index contributed by atoms with van der Waals surface area (Å²) in [6.07, 6.45) is 0.958. The highest BCUT2D eigenvalue weighted by atomic mass is 28.4. The zero-order valence-corrected chi connectivity index (χ0v) is 22.4. The molecule has 1 aromatic carbocycles. The lowest BCUT2D eigenvalue weighted by molar-refractivity contribution is -0.143. The van der Waals surface area contributed by atoms with Crippen LogP contribution in [0.3, 0.4) is 0 Å². The molecule has 1 fully saturated rings. The van der Waals surface area contributed by atoms with Gasteiger partial charge in [0.1, 0.15) is 0 Å². The second-order valence-corrected chi connectivity index (χ2v) is 16.5. The van der Waals surface area contributed by atoms with E-state index < -0.39 is 14.3 Å². The van der Waals surface area contributed by atoms with Gasteiger partial charge in [0, 0.05) is 15.6 Å². The Morgan fingerprint density at radius 3 is 2.26 bits per heavy atom. The molecule has 0 amide bonds. The molecule has 176 valence electrons. The van der Waals surface area contributed by atoms with Crippen LogP contribution in [-0.2, 0) is 26.9 Å². The zero-order valence-electron chi connectivity index (χ0n) is 21.4. The summed E-state index contributed by atoms with van der Waals surface area (Å²) in [7, 11) is -0.911. The highest BCUT2D eigenvalue weighted by Crippen LogP contribution is 2.57. The molecule has 0 radical (unpaired) electrons. The van der Waals surface area contributed by atoms with Crippen LogP contribution in [0.5, 0.6) is 11.5 Å². The molecular weight excluding hydrogens is 408 g/mol. The summed E-state index contributed by atoms with van der Waals surface area (Å²) in [5, 5.41) is -0.183. The second-order valence-electron chi connectivity index (χ2n) is 11.7. The van der Waals surface area contributed by atoms with E-state index in [9.17, 15) is 0 Å². The average Bonchev–Trinajstić information content (AvgIpc) is 2.99. The van der Waals surface area contributed by atoms with Gasteiger partial charge in [0.05, 0.1) is 26.4 Å². The van der Waals surface area contributed by atoms with Crippen molar-refractivity contribution in [2.24, 2.45) is 5.92 Å². The Morgan fingerprint density at radius 1 is 1.16 bits per heavy atom. The van der Waals surface area contributed by atoms with E-state index in [1.807, 2.05) is 13.8 Å². The van der Waals surface area contributed by atoms with E-state index in [0.29, 0.717) is 19.1 Å². The zero-order chi connectivity index (χ0) is 23.4. The number of aryl methyl sites for hydroxylation is 1. The normalized spacial score (nSPS) is 23.8. The lowest BCUT2D eigenvalue weighted by Gasteiger charge is -2.51. The van der Waals surface area contributed by atoms with Crippen molar-refractivity contribution in [3.05, 3.63) is 22.8 Å². The maximum Gasteiger partial charge on any atom is 0.410 e. The molecule has 0 saturated carbocycles. The van der Waals surface area contributed by atoms with Crippen molar-refractivity contribution in [3.8, 4) is 11.5 Å². The summed E-state index contributed by atoms with van der Waals surface area (Å²) in [5.41, 5.74) is 3.46. The van der Waals surface area contributed by atoms with Crippen molar-refractivity contribution in [1.82, 2.24) is 0 Å². The first-order valence-corrected chi connectivity index (χ1v) is 13.3. The molecule has 1 unspecified atom stereocenters. The van der Waals surface area contributed by atoms with Crippen LogP contribution in [0.4, 0.5) is 0 Å². The topological polar surface area (TPSA) is 46.2 Å². The van der Waals surface area contributed by atoms with Gasteiger partial charge in [-0.2, -0.15) is 0 Å². The van der Waals surface area contributed by atoms with Gasteiger partial charge in [-0.15, -0.1) is 0 Å². The molecule has 2 atom stereocenters. The molecule has 5 nitrogen and oxygen atoms in total. The van der Waals surface area contributed by atoms with E-state index in [1.54, 1.807) is 7.11 Å². The summed E-state index contributed by atoms with van der Waals surface area (Å²) < 4.78 is 31.5. The fraction of sp³-hybridized carbons (Fsp3) is 0.760. The summed E-state index contributed by atoms with van der Waals surface area (Å²) in [6.45, 7) is 22.9. The van der Waals surface area contributed by atoms with E-state index in [2.05, 4.69) is 61.5 Å². The predicted molar refractivity (Wildman–Crippen MR) is 126 cm³/mol. The fourth-order valence-corrected chi connectivity index (χ4v) is 9.90. The first-order chi connectivity index (χ1) is 14.1. The second kappa shape index (κ2) is 8.05. The Hall–Kier alpha value is -1.08. The molecule has 0 aromatic heterocycles. The third-order valence-corrected chi connectivity index (χ3v) is 11.7. The standard InChI is InChI=1S/C25H42O5Si/c1-16(20-15-27-25(9,10)29-20)12-18-13-17(2)21(26-11)22-19(18)14-28-31(30-22,23(3,4)5)24(6,7)8/h13,16,20H,12,14-15H2,1-11H3/t16-,20?/m0/s1. The third-order valence-electron chi connectivity index (χ3n) is 6.67. The minimum Gasteiger partial charge on any atom is -0.516 e. The van der Waals surface area contributed by atoms with E-state index >= 15 is 0 Å². The fourth-order valence-electron chi connectivity index (χ4n) is 5.26. The number of methoxy groups -OCH3 is 1. The molecule has 2 aliphatic rings. The number of hydrogen-bond donors (Lipinski definition) is 0. The molecule has 3 rings (SSSR count). The van der Waals surface area contributed by atoms with Crippen LogP contribution >= 0.6 is 0 Å². The van der Waals surface area contributed by atoms with E-state index in [1.165, 1.54) is 5.56 Å². The molecule has 1 saturated heterocycles. The molecule has 2 heterocycles. The van der Waals surface area contributed by atoms with Gasteiger partial charge in [0.25, 0.3) is 0 Å². The lowest BCUT2D eigenvalue weighted by atomic mass is 9.91. The monoisotopic (exact) mass is 450 g/mol. The van der Waals surface area contributed by atoms with E-state index in [-0.39, 0.29) is 16.2 Å². The maximum atomic E-state index is 6.97. The van der Waals surface area contributed by atoms with Crippen molar-refractivity contribution in [1.29, 1.82) is 0 Å². The molecule has 0 bridgehead atoms. The molecule has 0 spiro atoms. The van der Waals surface area contributed by atoms with Crippen molar-refractivity contribution in [2.75, 3.05) is 13.7 Å². The number of fused-ring (bicyclic) bond motifs is 1. The van der Waals surface area contributed by atoms with Crippen molar-refractivity contribution in [3.63, 3.8) is 0 Å². The van der Waals surface area contributed by atoms with Crippen LogP contribution in [0.2, 0.25) is 10.1 Å². The number of benzene rings is 1. The van der Waals surface area contributed by atoms with Crippen LogP contribution in [0.1, 0.15) is 79.0 Å². The minimum atomic E-state index is -2.64. The SMILES string of the molecule is COc1c(C)cc(C[C@H](C)C2COC(C)(C)O2)c2c1O[Si](C(C)(C)C)(C(C)(C)C)OC2. The molecule has 2 aliphatic heterocycles. The first-order valence-electron chi connectivity index (χ1n) is 11.5. The molecule has 1 aromatic rings. The smallest absolute Gasteiger partial charge is 0.410 e. The summed E-state index contributed by atoms with van der Waals surface area (Å²) in [5.74, 6) is 1.52. The first kappa shape index (κ1) is 24.6. The summed E-state index contributed by atoms with van der Waals surface area (Å²) >= 11 is 0. The number of ether oxygens (including phenoxy) is 3. The van der Waals surface area contributed by atoms with Crippen LogP contribution < -0.4 is 9.16 Å².